The first-order valence-corrected chi connectivity index (χ1v) is 6.02. The molecule has 0 aliphatic heterocycles. The number of carbonyl (C=O) groups is 1. The van der Waals surface area contributed by atoms with Crippen LogP contribution in [0.1, 0.15) is 15.2 Å². The van der Waals surface area contributed by atoms with Crippen molar-refractivity contribution in [1.29, 1.82) is 0 Å². The SMILES string of the molecule is O=C(Nc1ncc(C#CCO)s1)c1ccncc1O. The van der Waals surface area contributed by atoms with Gasteiger partial charge in [-0.3, -0.25) is 15.1 Å². The van der Waals surface area contributed by atoms with Crippen LogP contribution in [0.15, 0.2) is 24.7 Å². The number of nitrogens with one attached hydrogen (secondary N) is 1. The van der Waals surface area contributed by atoms with Crippen LogP contribution in [0.3, 0.4) is 0 Å². The molecule has 0 unspecified atom stereocenters. The Morgan fingerprint density at radius 2 is 2.32 bits per heavy atom. The lowest BCUT2D eigenvalue weighted by Crippen LogP contribution is -2.11. The number of carbonyl (C=O) groups excluding carboxylic acids is 1. The molecule has 2 rings (SSSR count). The van der Waals surface area contributed by atoms with E-state index < -0.39 is 5.91 Å². The minimum atomic E-state index is -0.476. The second-order valence-electron chi connectivity index (χ2n) is 3.34. The Morgan fingerprint density at radius 3 is 3.05 bits per heavy atom. The first-order chi connectivity index (χ1) is 9.20. The Morgan fingerprint density at radius 1 is 1.47 bits per heavy atom. The van der Waals surface area contributed by atoms with Crippen molar-refractivity contribution >= 4 is 22.4 Å². The number of aromatic hydroxyl groups is 1. The molecule has 0 fully saturated rings. The van der Waals surface area contributed by atoms with Crippen molar-refractivity contribution in [2.75, 3.05) is 11.9 Å². The van der Waals surface area contributed by atoms with E-state index in [1.807, 2.05) is 0 Å². The van der Waals surface area contributed by atoms with Crippen LogP contribution in [0.4, 0.5) is 5.13 Å². The highest BCUT2D eigenvalue weighted by atomic mass is 32.1. The molecule has 0 bridgehead atoms. The van der Waals surface area contributed by atoms with E-state index in [4.69, 9.17) is 5.11 Å². The van der Waals surface area contributed by atoms with Crippen molar-refractivity contribution in [2.24, 2.45) is 0 Å². The van der Waals surface area contributed by atoms with Gasteiger partial charge in [0.2, 0.25) is 0 Å². The summed E-state index contributed by atoms with van der Waals surface area (Å²) >= 11 is 1.18. The van der Waals surface area contributed by atoms with E-state index in [0.29, 0.717) is 10.0 Å². The lowest BCUT2D eigenvalue weighted by Gasteiger charge is -2.02. The number of anilines is 1. The van der Waals surface area contributed by atoms with Gasteiger partial charge in [-0.05, 0) is 6.07 Å². The van der Waals surface area contributed by atoms with E-state index in [2.05, 4.69) is 27.1 Å². The Hall–Kier alpha value is -2.43. The zero-order chi connectivity index (χ0) is 13.7. The maximum absolute atomic E-state index is 11.8. The molecule has 0 aliphatic carbocycles. The van der Waals surface area contributed by atoms with Crippen molar-refractivity contribution in [1.82, 2.24) is 9.97 Å². The molecule has 0 saturated heterocycles. The number of aliphatic hydroxyl groups excluding tert-OH is 1. The lowest BCUT2D eigenvalue weighted by atomic mass is 10.2. The molecule has 0 radical (unpaired) electrons. The highest BCUT2D eigenvalue weighted by Gasteiger charge is 2.12. The normalized spacial score (nSPS) is 9.53. The number of aromatic nitrogens is 2. The monoisotopic (exact) mass is 275 g/mol. The number of nitrogens with zero attached hydrogens (tertiary/aromatic N) is 2. The van der Waals surface area contributed by atoms with Crippen LogP contribution in [-0.4, -0.2) is 32.7 Å². The third-order valence-electron chi connectivity index (χ3n) is 2.06. The van der Waals surface area contributed by atoms with Crippen LogP contribution in [0.5, 0.6) is 5.75 Å². The standard InChI is InChI=1S/C12H9N3O3S/c16-5-1-2-8-6-14-12(19-8)15-11(18)9-3-4-13-7-10(9)17/h3-4,6-7,16-17H,5H2,(H,14,15,18). The van der Waals surface area contributed by atoms with E-state index in [1.165, 1.54) is 36.0 Å². The number of hydrogen-bond acceptors (Lipinski definition) is 6. The van der Waals surface area contributed by atoms with Crippen molar-refractivity contribution < 1.29 is 15.0 Å². The van der Waals surface area contributed by atoms with Crippen LogP contribution in [0.2, 0.25) is 0 Å². The van der Waals surface area contributed by atoms with E-state index in [0.717, 1.165) is 0 Å². The average molecular weight is 275 g/mol. The number of thiazole rings is 1. The number of aliphatic hydroxyl groups is 1. The molecule has 19 heavy (non-hydrogen) atoms. The summed E-state index contributed by atoms with van der Waals surface area (Å²) in [7, 11) is 0. The van der Waals surface area contributed by atoms with Gasteiger partial charge < -0.3 is 10.2 Å². The third kappa shape index (κ3) is 3.28. The number of amides is 1. The Balaban J connectivity index is 2.11. The lowest BCUT2D eigenvalue weighted by molar-refractivity contribution is 0.102. The fraction of sp³-hybridized carbons (Fsp3) is 0.0833. The van der Waals surface area contributed by atoms with Crippen molar-refractivity contribution in [2.45, 2.75) is 0 Å². The van der Waals surface area contributed by atoms with E-state index >= 15 is 0 Å². The molecule has 2 aromatic heterocycles. The fourth-order valence-electron chi connectivity index (χ4n) is 1.26. The van der Waals surface area contributed by atoms with Gasteiger partial charge in [-0.2, -0.15) is 0 Å². The molecule has 0 aliphatic rings. The molecule has 0 aromatic carbocycles. The van der Waals surface area contributed by atoms with Crippen molar-refractivity contribution in [3.05, 3.63) is 35.1 Å². The van der Waals surface area contributed by atoms with Gasteiger partial charge in [0.05, 0.1) is 22.8 Å². The molecule has 0 saturated carbocycles. The van der Waals surface area contributed by atoms with Crippen LogP contribution in [0.25, 0.3) is 0 Å². The summed E-state index contributed by atoms with van der Waals surface area (Å²) in [5, 5.41) is 21.0. The summed E-state index contributed by atoms with van der Waals surface area (Å²) in [4.78, 5) is 20.1. The van der Waals surface area contributed by atoms with Gasteiger partial charge in [0.25, 0.3) is 5.91 Å². The predicted molar refractivity (Wildman–Crippen MR) is 69.9 cm³/mol. The van der Waals surface area contributed by atoms with Crippen LogP contribution in [-0.2, 0) is 0 Å². The summed E-state index contributed by atoms with van der Waals surface area (Å²) in [5.74, 6) is 4.50. The zero-order valence-electron chi connectivity index (χ0n) is 9.62. The second-order valence-corrected chi connectivity index (χ2v) is 4.37. The third-order valence-corrected chi connectivity index (χ3v) is 2.89. The molecular weight excluding hydrogens is 266 g/mol. The first-order valence-electron chi connectivity index (χ1n) is 5.20. The second kappa shape index (κ2) is 5.95. The summed E-state index contributed by atoms with van der Waals surface area (Å²) in [6.45, 7) is -0.232. The Labute approximate surface area is 112 Å². The van der Waals surface area contributed by atoms with Crippen LogP contribution in [0, 0.1) is 11.8 Å². The predicted octanol–water partition coefficient (Wildman–Crippen LogP) is 0.840. The topological polar surface area (TPSA) is 95.3 Å². The molecular formula is C12H9N3O3S. The van der Waals surface area contributed by atoms with E-state index in [-0.39, 0.29) is 17.9 Å². The molecule has 7 heteroatoms. The minimum Gasteiger partial charge on any atom is -0.505 e. The van der Waals surface area contributed by atoms with Crippen molar-refractivity contribution in [3.63, 3.8) is 0 Å². The van der Waals surface area contributed by atoms with Gasteiger partial charge >= 0.3 is 0 Å². The number of rotatable bonds is 2. The first kappa shape index (κ1) is 13.0. The summed E-state index contributed by atoms with van der Waals surface area (Å²) in [6.07, 6.45) is 4.10. The number of hydrogen-bond donors (Lipinski definition) is 3. The van der Waals surface area contributed by atoms with E-state index in [1.54, 1.807) is 0 Å². The zero-order valence-corrected chi connectivity index (χ0v) is 10.4. The Kier molecular flexibility index (Phi) is 4.07. The summed E-state index contributed by atoms with van der Waals surface area (Å²) in [5.41, 5.74) is 0.119. The largest absolute Gasteiger partial charge is 0.505 e. The summed E-state index contributed by atoms with van der Waals surface area (Å²) < 4.78 is 0. The molecule has 6 nitrogen and oxygen atoms in total. The maximum atomic E-state index is 11.8. The smallest absolute Gasteiger partial charge is 0.261 e. The molecule has 1 amide bonds. The van der Waals surface area contributed by atoms with Gasteiger partial charge in [-0.25, -0.2) is 4.98 Å². The highest BCUT2D eigenvalue weighted by Crippen LogP contribution is 2.20. The van der Waals surface area contributed by atoms with Crippen molar-refractivity contribution in [3.8, 4) is 17.6 Å². The maximum Gasteiger partial charge on any atom is 0.261 e. The minimum absolute atomic E-state index is 0.119. The molecule has 2 heterocycles. The van der Waals surface area contributed by atoms with Gasteiger partial charge in [0.15, 0.2) is 5.13 Å². The summed E-state index contributed by atoms with van der Waals surface area (Å²) in [6, 6.07) is 1.41. The molecule has 2 aromatic rings. The molecule has 96 valence electrons. The van der Waals surface area contributed by atoms with Gasteiger partial charge in [-0.1, -0.05) is 23.2 Å². The van der Waals surface area contributed by atoms with Crippen LogP contribution < -0.4 is 5.32 Å². The molecule has 0 atom stereocenters. The number of pyridine rings is 1. The van der Waals surface area contributed by atoms with Gasteiger partial charge in [-0.15, -0.1) is 0 Å². The van der Waals surface area contributed by atoms with Gasteiger partial charge in [0.1, 0.15) is 12.4 Å². The van der Waals surface area contributed by atoms with E-state index in [9.17, 15) is 9.90 Å². The molecule has 0 spiro atoms. The molecule has 3 N–H and O–H groups in total. The average Bonchev–Trinajstić information content (AvgIpc) is 2.84. The quantitative estimate of drug-likeness (QED) is 0.706. The highest BCUT2D eigenvalue weighted by molar-refractivity contribution is 7.16. The fourth-order valence-corrected chi connectivity index (χ4v) is 1.94. The van der Waals surface area contributed by atoms with Gasteiger partial charge in [0, 0.05) is 6.20 Å². The Bertz CT molecular complexity index is 657. The van der Waals surface area contributed by atoms with Crippen LogP contribution >= 0.6 is 11.3 Å².